The van der Waals surface area contributed by atoms with E-state index < -0.39 is 5.91 Å². The molecule has 0 aromatic carbocycles. The van der Waals surface area contributed by atoms with Gasteiger partial charge in [-0.25, -0.2) is 4.52 Å². The minimum Gasteiger partial charge on any atom is -0.378 e. The lowest BCUT2D eigenvalue weighted by Gasteiger charge is -2.21. The number of halogens is 2. The van der Waals surface area contributed by atoms with Crippen molar-refractivity contribution < 1.29 is 9.53 Å². The molecule has 0 radical (unpaired) electrons. The van der Waals surface area contributed by atoms with Gasteiger partial charge in [-0.2, -0.15) is 5.10 Å². The Bertz CT molecular complexity index is 692. The molecule has 3 rings (SSSR count). The Morgan fingerprint density at radius 3 is 3.05 bits per heavy atom. The largest absolute Gasteiger partial charge is 0.378 e. The van der Waals surface area contributed by atoms with Crippen LogP contribution >= 0.6 is 39.9 Å². The van der Waals surface area contributed by atoms with Crippen LogP contribution in [0.25, 0.3) is 5.52 Å². The molecule has 4 N–H and O–H groups in total. The van der Waals surface area contributed by atoms with E-state index in [0.717, 1.165) is 23.1 Å². The summed E-state index contributed by atoms with van der Waals surface area (Å²) < 4.78 is 8.02. The molecule has 22 heavy (non-hydrogen) atoms. The van der Waals surface area contributed by atoms with E-state index in [-0.39, 0.29) is 36.1 Å². The van der Waals surface area contributed by atoms with Gasteiger partial charge in [-0.3, -0.25) is 4.79 Å². The second-order valence-electron chi connectivity index (χ2n) is 4.97. The molecule has 0 bridgehead atoms. The Kier molecular flexibility index (Phi) is 5.64. The van der Waals surface area contributed by atoms with Crippen molar-refractivity contribution in [3.63, 3.8) is 0 Å². The maximum atomic E-state index is 11.7. The van der Waals surface area contributed by atoms with Crippen LogP contribution in [-0.4, -0.2) is 47.9 Å². The first-order chi connectivity index (χ1) is 10.1. The molecule has 1 amide bonds. The molecule has 2 aromatic heterocycles. The van der Waals surface area contributed by atoms with Gasteiger partial charge in [0.2, 0.25) is 0 Å². The highest BCUT2D eigenvalue weighted by Crippen LogP contribution is 2.27. The Morgan fingerprint density at radius 2 is 2.36 bits per heavy atom. The van der Waals surface area contributed by atoms with Crippen LogP contribution in [0.1, 0.15) is 10.4 Å². The summed E-state index contributed by atoms with van der Waals surface area (Å²) in [5.41, 5.74) is 7.31. The topological polar surface area (TPSA) is 93.7 Å². The van der Waals surface area contributed by atoms with Crippen LogP contribution in [0.15, 0.2) is 22.9 Å². The summed E-state index contributed by atoms with van der Waals surface area (Å²) in [5.74, 6) is -0.509. The van der Waals surface area contributed by atoms with Crippen molar-refractivity contribution in [2.24, 2.45) is 5.73 Å². The zero-order valence-electron chi connectivity index (χ0n) is 11.9. The minimum absolute atomic E-state index is 0. The number of carbonyl (C=O) groups excluding carboxylic acids is 1. The summed E-state index contributed by atoms with van der Waals surface area (Å²) in [4.78, 5) is 11.7. The number of anilines is 1. The van der Waals surface area contributed by atoms with Gasteiger partial charge < -0.3 is 21.1 Å². The van der Waals surface area contributed by atoms with Crippen molar-refractivity contribution in [2.75, 3.05) is 25.5 Å². The average molecular weight is 482 g/mol. The molecule has 0 unspecified atom stereocenters. The van der Waals surface area contributed by atoms with Gasteiger partial charge in [0, 0.05) is 30.9 Å². The standard InChI is InChI=1S/C13H16BrN5O2.HI/c1-21-11-5-16-4-9(11)18-12-8(13(15)20)3-17-19-6-7(14)2-10(12)19;/h2-3,6,9,11,16,18H,4-5H2,1H3,(H2,15,20);1H/t9-,11+;/m1./s1. The maximum Gasteiger partial charge on any atom is 0.252 e. The molecular weight excluding hydrogens is 465 g/mol. The van der Waals surface area contributed by atoms with Gasteiger partial charge in [0.1, 0.15) is 0 Å². The number of nitrogens with zero attached hydrogens (tertiary/aromatic N) is 2. The van der Waals surface area contributed by atoms with Crippen LogP contribution in [-0.2, 0) is 4.74 Å². The Hall–Kier alpha value is -0.910. The Balaban J connectivity index is 0.00000176. The lowest BCUT2D eigenvalue weighted by molar-refractivity contribution is 0.0999. The highest BCUT2D eigenvalue weighted by molar-refractivity contribution is 14.0. The van der Waals surface area contributed by atoms with Crippen LogP contribution in [0, 0.1) is 0 Å². The second kappa shape index (κ2) is 7.11. The fraction of sp³-hybridized carbons (Fsp3) is 0.385. The molecule has 120 valence electrons. The van der Waals surface area contributed by atoms with Crippen molar-refractivity contribution in [3.8, 4) is 0 Å². The molecule has 0 saturated carbocycles. The predicted octanol–water partition coefficient (Wildman–Crippen LogP) is 1.21. The molecule has 2 aromatic rings. The third-order valence-electron chi connectivity index (χ3n) is 3.66. The number of hydrogen-bond donors (Lipinski definition) is 3. The van der Waals surface area contributed by atoms with Gasteiger partial charge in [-0.05, 0) is 22.0 Å². The number of nitrogens with one attached hydrogen (secondary N) is 2. The van der Waals surface area contributed by atoms with Crippen LogP contribution in [0.5, 0.6) is 0 Å². The minimum atomic E-state index is -0.509. The molecule has 1 aliphatic heterocycles. The van der Waals surface area contributed by atoms with Crippen molar-refractivity contribution in [1.29, 1.82) is 0 Å². The van der Waals surface area contributed by atoms with E-state index in [1.807, 2.05) is 12.3 Å². The van der Waals surface area contributed by atoms with Crippen molar-refractivity contribution in [1.82, 2.24) is 14.9 Å². The molecule has 1 aliphatic rings. The number of methoxy groups -OCH3 is 1. The number of fused-ring (bicyclic) bond motifs is 1. The number of amides is 1. The number of nitrogens with two attached hydrogens (primary N) is 1. The number of hydrogen-bond acceptors (Lipinski definition) is 5. The normalized spacial score (nSPS) is 20.8. The molecule has 1 saturated heterocycles. The van der Waals surface area contributed by atoms with Crippen LogP contribution in [0.4, 0.5) is 5.69 Å². The van der Waals surface area contributed by atoms with E-state index >= 15 is 0 Å². The summed E-state index contributed by atoms with van der Waals surface area (Å²) in [6.45, 7) is 1.53. The quantitative estimate of drug-likeness (QED) is 0.571. The molecule has 0 aliphatic carbocycles. The van der Waals surface area contributed by atoms with E-state index in [1.165, 1.54) is 6.20 Å². The lowest BCUT2D eigenvalue weighted by atomic mass is 10.1. The number of carbonyl (C=O) groups is 1. The fourth-order valence-corrected chi connectivity index (χ4v) is 3.01. The van der Waals surface area contributed by atoms with Crippen molar-refractivity contribution in [3.05, 3.63) is 28.5 Å². The zero-order chi connectivity index (χ0) is 15.0. The van der Waals surface area contributed by atoms with E-state index in [9.17, 15) is 4.79 Å². The monoisotopic (exact) mass is 481 g/mol. The first-order valence-corrected chi connectivity index (χ1v) is 7.36. The number of aromatic nitrogens is 2. The van der Waals surface area contributed by atoms with Crippen molar-refractivity contribution >= 4 is 57.0 Å². The van der Waals surface area contributed by atoms with E-state index in [0.29, 0.717) is 11.3 Å². The summed E-state index contributed by atoms with van der Waals surface area (Å²) in [6.07, 6.45) is 3.35. The summed E-state index contributed by atoms with van der Waals surface area (Å²) in [6, 6.07) is 1.96. The first kappa shape index (κ1) is 17.4. The van der Waals surface area contributed by atoms with Gasteiger partial charge in [0.05, 0.1) is 35.1 Å². The van der Waals surface area contributed by atoms with Gasteiger partial charge in [0.15, 0.2) is 0 Å². The predicted molar refractivity (Wildman–Crippen MR) is 97.9 cm³/mol. The third kappa shape index (κ3) is 3.21. The van der Waals surface area contributed by atoms with Crippen LogP contribution in [0.3, 0.4) is 0 Å². The molecule has 2 atom stereocenters. The lowest BCUT2D eigenvalue weighted by Crippen LogP contribution is -2.34. The Labute approximate surface area is 153 Å². The molecule has 0 spiro atoms. The molecule has 9 heteroatoms. The maximum absolute atomic E-state index is 11.7. The van der Waals surface area contributed by atoms with Gasteiger partial charge in [-0.15, -0.1) is 24.0 Å². The SMILES string of the molecule is CO[C@H]1CNC[C@H]1Nc1c(C(N)=O)cnn2cc(Br)cc12.I. The number of ether oxygens (including phenoxy) is 1. The van der Waals surface area contributed by atoms with Gasteiger partial charge >= 0.3 is 0 Å². The molecule has 3 heterocycles. The van der Waals surface area contributed by atoms with E-state index in [1.54, 1.807) is 11.6 Å². The summed E-state index contributed by atoms with van der Waals surface area (Å²) in [7, 11) is 1.68. The van der Waals surface area contributed by atoms with E-state index in [4.69, 9.17) is 10.5 Å². The number of primary amides is 1. The van der Waals surface area contributed by atoms with Crippen molar-refractivity contribution in [2.45, 2.75) is 12.1 Å². The third-order valence-corrected chi connectivity index (χ3v) is 4.09. The Morgan fingerprint density at radius 1 is 1.59 bits per heavy atom. The molecule has 7 nitrogen and oxygen atoms in total. The summed E-state index contributed by atoms with van der Waals surface area (Å²) in [5, 5.41) is 10.8. The van der Waals surface area contributed by atoms with Crippen LogP contribution < -0.4 is 16.4 Å². The van der Waals surface area contributed by atoms with E-state index in [2.05, 4.69) is 31.7 Å². The molecular formula is C13H17BrIN5O2. The molecule has 1 fully saturated rings. The number of rotatable bonds is 4. The smallest absolute Gasteiger partial charge is 0.252 e. The average Bonchev–Trinajstić information content (AvgIpc) is 3.03. The highest BCUT2D eigenvalue weighted by atomic mass is 127. The highest BCUT2D eigenvalue weighted by Gasteiger charge is 2.28. The zero-order valence-corrected chi connectivity index (χ0v) is 15.8. The van der Waals surface area contributed by atoms with Gasteiger partial charge in [-0.1, -0.05) is 0 Å². The second-order valence-corrected chi connectivity index (χ2v) is 5.88. The van der Waals surface area contributed by atoms with Crippen LogP contribution in [0.2, 0.25) is 0 Å². The fourth-order valence-electron chi connectivity index (χ4n) is 2.60. The summed E-state index contributed by atoms with van der Waals surface area (Å²) >= 11 is 3.42. The van der Waals surface area contributed by atoms with Gasteiger partial charge in [0.25, 0.3) is 5.91 Å². The first-order valence-electron chi connectivity index (χ1n) is 6.57.